The summed E-state index contributed by atoms with van der Waals surface area (Å²) in [5.74, 6) is 0.165. The molecule has 1 saturated heterocycles. The predicted molar refractivity (Wildman–Crippen MR) is 108 cm³/mol. The van der Waals surface area contributed by atoms with Crippen LogP contribution in [0.15, 0.2) is 0 Å². The molecular weight excluding hydrogens is 373 g/mol. The van der Waals surface area contributed by atoms with Crippen molar-refractivity contribution in [3.8, 4) is 0 Å². The zero-order valence-electron chi connectivity index (χ0n) is 17.2. The van der Waals surface area contributed by atoms with E-state index in [1.807, 2.05) is 41.5 Å². The standard InChI is InChI=1S/C18H36NO5PS/c1-17(2,3)23-25(21,24-18(4,5)6)26-15-14-22-16(20)10-13-19-11-8-7-9-12-19/h7-15H2,1-6H3. The third kappa shape index (κ3) is 11.6. The highest BCUT2D eigenvalue weighted by molar-refractivity contribution is 8.55. The molecule has 1 rings (SSSR count). The number of hydrogen-bond acceptors (Lipinski definition) is 7. The second-order valence-corrected chi connectivity index (χ2v) is 12.6. The quantitative estimate of drug-likeness (QED) is 0.305. The Morgan fingerprint density at radius 3 is 2.04 bits per heavy atom. The molecule has 0 saturated carbocycles. The van der Waals surface area contributed by atoms with Crippen LogP contribution in [-0.4, -0.2) is 54.1 Å². The van der Waals surface area contributed by atoms with Crippen molar-refractivity contribution in [1.29, 1.82) is 0 Å². The van der Waals surface area contributed by atoms with Crippen molar-refractivity contribution in [2.75, 3.05) is 32.0 Å². The van der Waals surface area contributed by atoms with Gasteiger partial charge in [-0.05, 0) is 78.9 Å². The Bertz CT molecular complexity index is 461. The summed E-state index contributed by atoms with van der Waals surface area (Å²) in [5.41, 5.74) is -1.17. The molecule has 1 fully saturated rings. The van der Waals surface area contributed by atoms with E-state index >= 15 is 0 Å². The fraction of sp³-hybridized carbons (Fsp3) is 0.944. The van der Waals surface area contributed by atoms with Crippen LogP contribution < -0.4 is 0 Å². The third-order valence-electron chi connectivity index (χ3n) is 3.45. The molecule has 1 heterocycles. The smallest absolute Gasteiger partial charge is 0.390 e. The Labute approximate surface area is 163 Å². The lowest BCUT2D eigenvalue weighted by Crippen LogP contribution is -2.32. The number of nitrogens with zero attached hydrogens (tertiary/aromatic N) is 1. The van der Waals surface area contributed by atoms with Gasteiger partial charge in [0.05, 0.1) is 17.6 Å². The molecule has 8 heteroatoms. The fourth-order valence-corrected chi connectivity index (χ4v) is 6.97. The van der Waals surface area contributed by atoms with Crippen LogP contribution in [0.4, 0.5) is 0 Å². The first-order valence-corrected chi connectivity index (χ1v) is 12.6. The number of likely N-dealkylation sites (tertiary alicyclic amines) is 1. The van der Waals surface area contributed by atoms with Crippen LogP contribution in [0.1, 0.15) is 67.2 Å². The molecule has 26 heavy (non-hydrogen) atoms. The van der Waals surface area contributed by atoms with E-state index in [0.717, 1.165) is 31.0 Å². The Balaban J connectivity index is 2.34. The van der Waals surface area contributed by atoms with Gasteiger partial charge in [0, 0.05) is 12.3 Å². The van der Waals surface area contributed by atoms with Gasteiger partial charge in [0.1, 0.15) is 6.61 Å². The van der Waals surface area contributed by atoms with Crippen LogP contribution in [0.25, 0.3) is 0 Å². The van der Waals surface area contributed by atoms with E-state index in [9.17, 15) is 9.36 Å². The SMILES string of the molecule is CC(C)(C)OP(=O)(OC(C)(C)C)SCCOC(=O)CCN1CCCCC1. The molecule has 0 aromatic heterocycles. The van der Waals surface area contributed by atoms with Crippen molar-refractivity contribution < 1.29 is 23.1 Å². The minimum absolute atomic E-state index is 0.203. The molecule has 0 N–H and O–H groups in total. The Hall–Kier alpha value is -0.0700. The molecule has 0 aromatic carbocycles. The van der Waals surface area contributed by atoms with Gasteiger partial charge in [-0.3, -0.25) is 13.8 Å². The van der Waals surface area contributed by atoms with Crippen LogP contribution in [-0.2, 0) is 23.1 Å². The fourth-order valence-electron chi connectivity index (χ4n) is 2.55. The van der Waals surface area contributed by atoms with Crippen LogP contribution in [0, 0.1) is 0 Å². The van der Waals surface area contributed by atoms with Crippen LogP contribution in [0.5, 0.6) is 0 Å². The zero-order chi connectivity index (χ0) is 19.8. The first-order valence-electron chi connectivity index (χ1n) is 9.43. The monoisotopic (exact) mass is 409 g/mol. The van der Waals surface area contributed by atoms with E-state index < -0.39 is 18.0 Å². The first kappa shape index (κ1) is 24.0. The lowest BCUT2D eigenvalue weighted by atomic mass is 10.1. The lowest BCUT2D eigenvalue weighted by molar-refractivity contribution is -0.143. The molecule has 0 atom stereocenters. The molecule has 0 spiro atoms. The Morgan fingerprint density at radius 2 is 1.54 bits per heavy atom. The van der Waals surface area contributed by atoms with E-state index in [4.69, 9.17) is 13.8 Å². The number of esters is 1. The molecule has 0 amide bonds. The molecular formula is C18H36NO5PS. The number of ether oxygens (including phenoxy) is 1. The minimum Gasteiger partial charge on any atom is -0.465 e. The van der Waals surface area contributed by atoms with Gasteiger partial charge in [0.2, 0.25) is 0 Å². The van der Waals surface area contributed by atoms with E-state index in [2.05, 4.69) is 4.90 Å². The van der Waals surface area contributed by atoms with Gasteiger partial charge in [-0.2, -0.15) is 0 Å². The van der Waals surface area contributed by atoms with Crippen LogP contribution in [0.2, 0.25) is 0 Å². The Kier molecular flexibility index (Phi) is 9.65. The number of piperidine rings is 1. The van der Waals surface area contributed by atoms with Gasteiger partial charge < -0.3 is 9.64 Å². The maximum absolute atomic E-state index is 13.0. The average Bonchev–Trinajstić information content (AvgIpc) is 2.47. The summed E-state index contributed by atoms with van der Waals surface area (Å²) in [4.78, 5) is 14.2. The first-order chi connectivity index (χ1) is 11.9. The molecule has 0 bridgehead atoms. The van der Waals surface area contributed by atoms with Gasteiger partial charge in [0.15, 0.2) is 0 Å². The Morgan fingerprint density at radius 1 is 1.00 bits per heavy atom. The highest BCUT2D eigenvalue weighted by atomic mass is 32.7. The van der Waals surface area contributed by atoms with Crippen molar-refractivity contribution in [2.45, 2.75) is 78.4 Å². The summed E-state index contributed by atoms with van der Waals surface area (Å²) in [6.07, 6.45) is 4.11. The van der Waals surface area contributed by atoms with Crippen LogP contribution in [0.3, 0.4) is 0 Å². The minimum atomic E-state index is -3.34. The van der Waals surface area contributed by atoms with Gasteiger partial charge in [-0.15, -0.1) is 0 Å². The maximum Gasteiger partial charge on any atom is 0.390 e. The molecule has 6 nitrogen and oxygen atoms in total. The predicted octanol–water partition coefficient (Wildman–Crippen LogP) is 4.88. The maximum atomic E-state index is 13.0. The van der Waals surface area contributed by atoms with Crippen molar-refractivity contribution in [3.05, 3.63) is 0 Å². The van der Waals surface area contributed by atoms with E-state index in [1.165, 1.54) is 19.3 Å². The summed E-state index contributed by atoms with van der Waals surface area (Å²) >= 11 is 1.09. The topological polar surface area (TPSA) is 65.1 Å². The van der Waals surface area contributed by atoms with Gasteiger partial charge in [-0.25, -0.2) is 4.57 Å². The zero-order valence-corrected chi connectivity index (χ0v) is 18.9. The van der Waals surface area contributed by atoms with E-state index in [1.54, 1.807) is 0 Å². The summed E-state index contributed by atoms with van der Waals surface area (Å²) in [7, 11) is 0. The number of carbonyl (C=O) groups excluding carboxylic acids is 1. The second kappa shape index (κ2) is 10.5. The molecule has 1 aliphatic heterocycles. The second-order valence-electron chi connectivity index (χ2n) is 8.56. The van der Waals surface area contributed by atoms with Crippen molar-refractivity contribution >= 4 is 24.1 Å². The average molecular weight is 410 g/mol. The van der Waals surface area contributed by atoms with Crippen LogP contribution >= 0.6 is 18.2 Å². The number of hydrogen-bond donors (Lipinski definition) is 0. The summed E-state index contributed by atoms with van der Waals surface area (Å²) < 4.78 is 29.6. The third-order valence-corrected chi connectivity index (χ3v) is 7.60. The van der Waals surface area contributed by atoms with Crippen molar-refractivity contribution in [2.24, 2.45) is 0 Å². The number of carbonyl (C=O) groups is 1. The largest absolute Gasteiger partial charge is 0.465 e. The molecule has 0 aliphatic carbocycles. The van der Waals surface area contributed by atoms with E-state index in [0.29, 0.717) is 12.2 Å². The molecule has 1 aliphatic rings. The normalized spacial score (nSPS) is 17.3. The van der Waals surface area contributed by atoms with Gasteiger partial charge in [0.25, 0.3) is 0 Å². The van der Waals surface area contributed by atoms with E-state index in [-0.39, 0.29) is 12.6 Å². The van der Waals surface area contributed by atoms with Crippen molar-refractivity contribution in [3.63, 3.8) is 0 Å². The highest BCUT2D eigenvalue weighted by Gasteiger charge is 2.36. The summed E-state index contributed by atoms with van der Waals surface area (Å²) in [5, 5.41) is 0. The number of rotatable bonds is 9. The van der Waals surface area contributed by atoms with Gasteiger partial charge >= 0.3 is 12.8 Å². The molecule has 0 aromatic rings. The van der Waals surface area contributed by atoms with Crippen molar-refractivity contribution in [1.82, 2.24) is 4.90 Å². The molecule has 0 unspecified atom stereocenters. The molecule has 0 radical (unpaired) electrons. The highest BCUT2D eigenvalue weighted by Crippen LogP contribution is 2.64. The summed E-state index contributed by atoms with van der Waals surface area (Å²) in [6.45, 7) is 10.8. The van der Waals surface area contributed by atoms with Gasteiger partial charge in [-0.1, -0.05) is 6.42 Å². The lowest BCUT2D eigenvalue weighted by Gasteiger charge is -2.31. The summed E-state index contributed by atoms with van der Waals surface area (Å²) in [6, 6.07) is 0. The molecule has 154 valence electrons.